The van der Waals surface area contributed by atoms with Crippen LogP contribution in [-0.2, 0) is 11.3 Å². The van der Waals surface area contributed by atoms with Gasteiger partial charge in [0.25, 0.3) is 0 Å². The van der Waals surface area contributed by atoms with E-state index in [-0.39, 0.29) is 24.1 Å². The number of nitrogens with zero attached hydrogens (tertiary/aromatic N) is 2. The van der Waals surface area contributed by atoms with Crippen molar-refractivity contribution in [2.45, 2.75) is 30.0 Å². The summed E-state index contributed by atoms with van der Waals surface area (Å²) in [7, 11) is 3.68. The molecule has 0 aromatic heterocycles. The fraction of sp³-hybridized carbons (Fsp3) is 0.269. The number of Topliss-reactive ketones (excluding diaryl/α,β-unsaturated/α-hetero) is 1. The average molecular weight is 485 g/mol. The second kappa shape index (κ2) is 11.6. The predicted octanol–water partition coefficient (Wildman–Crippen LogP) is 5.14. The summed E-state index contributed by atoms with van der Waals surface area (Å²) in [5.74, 6) is 0.190. The van der Waals surface area contributed by atoms with Crippen LogP contribution in [-0.4, -0.2) is 42.7 Å². The summed E-state index contributed by atoms with van der Waals surface area (Å²) in [5, 5.41) is 11.1. The number of fused-ring (bicyclic) bond motifs is 1. The van der Waals surface area contributed by atoms with E-state index in [9.17, 15) is 9.90 Å². The number of benzene rings is 3. The van der Waals surface area contributed by atoms with Crippen LogP contribution in [0.4, 0.5) is 5.69 Å². The van der Waals surface area contributed by atoms with Crippen LogP contribution in [0.5, 0.6) is 5.75 Å². The average Bonchev–Trinajstić information content (AvgIpc) is 2.93. The minimum Gasteiger partial charge on any atom is -0.497 e. The van der Waals surface area contributed by atoms with Crippen molar-refractivity contribution in [3.63, 3.8) is 0 Å². The zero-order valence-electron chi connectivity index (χ0n) is 18.8. The summed E-state index contributed by atoms with van der Waals surface area (Å²) < 4.78 is 6.93. The number of anilines is 1. The third kappa shape index (κ3) is 5.89. The molecule has 0 unspecified atom stereocenters. The maximum Gasteiger partial charge on any atom is 0.197 e. The molecule has 0 spiro atoms. The molecule has 7 heteroatoms. The number of carbonyl (C=O) groups is 1. The molecule has 0 aliphatic carbocycles. The number of hydrogen-bond acceptors (Lipinski definition) is 6. The monoisotopic (exact) mass is 484 g/mol. The van der Waals surface area contributed by atoms with E-state index in [1.165, 1.54) is 17.5 Å². The summed E-state index contributed by atoms with van der Waals surface area (Å²) in [6, 6.07) is 25.6. The fourth-order valence-electron chi connectivity index (χ4n) is 4.00. The molecular weight excluding hydrogens is 456 g/mol. The molecule has 33 heavy (non-hydrogen) atoms. The SMILES string of the molecule is COc1ccc(N2Sc3ccccc3[C@@H](CCN(C)Cc3ccccc3)C(=O)[C@H]2O)cc1.Cl. The molecule has 0 amide bonds. The molecule has 1 aliphatic rings. The molecule has 0 saturated carbocycles. The third-order valence-corrected chi connectivity index (χ3v) is 6.91. The van der Waals surface area contributed by atoms with Crippen molar-refractivity contribution >= 4 is 35.8 Å². The summed E-state index contributed by atoms with van der Waals surface area (Å²) in [6.45, 7) is 1.57. The predicted molar refractivity (Wildman–Crippen MR) is 136 cm³/mol. The van der Waals surface area contributed by atoms with Gasteiger partial charge in [0, 0.05) is 17.4 Å². The van der Waals surface area contributed by atoms with Gasteiger partial charge in [-0.05, 0) is 73.4 Å². The van der Waals surface area contributed by atoms with Crippen molar-refractivity contribution in [1.82, 2.24) is 4.90 Å². The van der Waals surface area contributed by atoms with Gasteiger partial charge in [0.05, 0.1) is 12.8 Å². The van der Waals surface area contributed by atoms with Gasteiger partial charge in [-0.15, -0.1) is 12.4 Å². The molecule has 5 nitrogen and oxygen atoms in total. The summed E-state index contributed by atoms with van der Waals surface area (Å²) >= 11 is 1.40. The normalized spacial score (nSPS) is 17.8. The topological polar surface area (TPSA) is 53.0 Å². The van der Waals surface area contributed by atoms with Gasteiger partial charge >= 0.3 is 0 Å². The number of carbonyl (C=O) groups excluding carboxylic acids is 1. The van der Waals surface area contributed by atoms with Crippen LogP contribution in [0.3, 0.4) is 0 Å². The van der Waals surface area contributed by atoms with Crippen molar-refractivity contribution < 1.29 is 14.6 Å². The maximum atomic E-state index is 13.4. The Bertz CT molecular complexity index is 1050. The van der Waals surface area contributed by atoms with Crippen LogP contribution >= 0.6 is 24.4 Å². The molecule has 1 aliphatic heterocycles. The van der Waals surface area contributed by atoms with E-state index in [0.29, 0.717) is 6.42 Å². The Kier molecular flexibility index (Phi) is 8.80. The highest BCUT2D eigenvalue weighted by Gasteiger charge is 2.37. The number of ether oxygens (including phenoxy) is 1. The first-order chi connectivity index (χ1) is 15.6. The van der Waals surface area contributed by atoms with Gasteiger partial charge in [0.2, 0.25) is 0 Å². The van der Waals surface area contributed by atoms with Crippen LogP contribution in [0.2, 0.25) is 0 Å². The minimum absolute atomic E-state index is 0. The van der Waals surface area contributed by atoms with Crippen LogP contribution in [0.25, 0.3) is 0 Å². The molecular formula is C26H29ClN2O3S. The van der Waals surface area contributed by atoms with Crippen molar-refractivity contribution in [1.29, 1.82) is 0 Å². The lowest BCUT2D eigenvalue weighted by molar-refractivity contribution is -0.128. The first kappa shape index (κ1) is 25.1. The molecule has 4 rings (SSSR count). The van der Waals surface area contributed by atoms with E-state index in [2.05, 4.69) is 24.1 Å². The summed E-state index contributed by atoms with van der Waals surface area (Å²) in [4.78, 5) is 16.6. The quantitative estimate of drug-likeness (QED) is 0.469. The van der Waals surface area contributed by atoms with Gasteiger partial charge < -0.3 is 14.7 Å². The van der Waals surface area contributed by atoms with Crippen LogP contribution in [0.1, 0.15) is 23.5 Å². The van der Waals surface area contributed by atoms with Gasteiger partial charge in [-0.25, -0.2) is 0 Å². The third-order valence-electron chi connectivity index (χ3n) is 5.73. The molecule has 3 aromatic rings. The van der Waals surface area contributed by atoms with E-state index >= 15 is 0 Å². The molecule has 174 valence electrons. The number of aliphatic hydroxyl groups excluding tert-OH is 1. The Labute approximate surface area is 205 Å². The molecule has 1 N–H and O–H groups in total. The Morgan fingerprint density at radius 1 is 1.00 bits per heavy atom. The number of rotatable bonds is 7. The van der Waals surface area contributed by atoms with Gasteiger partial charge in [0.15, 0.2) is 12.0 Å². The lowest BCUT2D eigenvalue weighted by Crippen LogP contribution is -2.38. The first-order valence-corrected chi connectivity index (χ1v) is 11.5. The van der Waals surface area contributed by atoms with E-state index < -0.39 is 6.23 Å². The molecule has 0 bridgehead atoms. The second-order valence-electron chi connectivity index (χ2n) is 7.99. The van der Waals surface area contributed by atoms with Gasteiger partial charge in [-0.1, -0.05) is 48.5 Å². The lowest BCUT2D eigenvalue weighted by atomic mass is 9.90. The molecule has 0 radical (unpaired) electrons. The van der Waals surface area contributed by atoms with E-state index in [1.807, 2.05) is 66.7 Å². The largest absolute Gasteiger partial charge is 0.497 e. The maximum absolute atomic E-state index is 13.4. The number of halogens is 1. The minimum atomic E-state index is -1.23. The molecule has 2 atom stereocenters. The van der Waals surface area contributed by atoms with Crippen molar-refractivity contribution in [3.05, 3.63) is 90.0 Å². The highest BCUT2D eigenvalue weighted by molar-refractivity contribution is 8.00. The Morgan fingerprint density at radius 2 is 1.67 bits per heavy atom. The number of methoxy groups -OCH3 is 1. The van der Waals surface area contributed by atoms with E-state index in [1.54, 1.807) is 11.4 Å². The zero-order valence-corrected chi connectivity index (χ0v) is 20.4. The second-order valence-corrected chi connectivity index (χ2v) is 9.01. The van der Waals surface area contributed by atoms with Crippen LogP contribution in [0, 0.1) is 0 Å². The van der Waals surface area contributed by atoms with E-state index in [4.69, 9.17) is 4.74 Å². The summed E-state index contributed by atoms with van der Waals surface area (Å²) in [6.07, 6.45) is -0.585. The van der Waals surface area contributed by atoms with Crippen LogP contribution in [0.15, 0.2) is 83.8 Å². The van der Waals surface area contributed by atoms with Crippen LogP contribution < -0.4 is 9.04 Å². The fourth-order valence-corrected chi connectivity index (χ4v) is 5.10. The molecule has 1 heterocycles. The van der Waals surface area contributed by atoms with Crippen molar-refractivity contribution in [2.24, 2.45) is 0 Å². The Balaban J connectivity index is 0.00000306. The Morgan fingerprint density at radius 3 is 2.36 bits per heavy atom. The van der Waals surface area contributed by atoms with Gasteiger partial charge in [-0.2, -0.15) is 0 Å². The number of hydrogen-bond donors (Lipinski definition) is 1. The standard InChI is InChI=1S/C26H28N2O3S.ClH/c1-27(18-19-8-4-3-5-9-19)17-16-23-22-10-6-7-11-24(22)32-28(26(30)25(23)29)20-12-14-21(31-2)15-13-20;/h3-15,23,26,30H,16-18H2,1-2H3;1H/t23-,26-;/m1./s1. The summed E-state index contributed by atoms with van der Waals surface area (Å²) in [5.41, 5.74) is 2.97. The van der Waals surface area contributed by atoms with Crippen molar-refractivity contribution in [3.8, 4) is 5.75 Å². The Hall–Kier alpha value is -2.51. The zero-order chi connectivity index (χ0) is 22.5. The van der Waals surface area contributed by atoms with E-state index in [0.717, 1.165) is 35.0 Å². The number of ketones is 1. The number of aliphatic hydroxyl groups is 1. The molecule has 0 fully saturated rings. The highest BCUT2D eigenvalue weighted by atomic mass is 35.5. The highest BCUT2D eigenvalue weighted by Crippen LogP contribution is 2.41. The van der Waals surface area contributed by atoms with Crippen molar-refractivity contribution in [2.75, 3.05) is 25.0 Å². The molecule has 3 aromatic carbocycles. The smallest absolute Gasteiger partial charge is 0.197 e. The lowest BCUT2D eigenvalue weighted by Gasteiger charge is -2.27. The van der Waals surface area contributed by atoms with Gasteiger partial charge in [0.1, 0.15) is 5.75 Å². The van der Waals surface area contributed by atoms with Gasteiger partial charge in [-0.3, -0.25) is 9.10 Å². The first-order valence-electron chi connectivity index (χ1n) is 10.7. The molecule has 0 saturated heterocycles.